The van der Waals surface area contributed by atoms with Crippen LogP contribution in [0.1, 0.15) is 5.76 Å². The monoisotopic (exact) mass is 159 g/mol. The van der Waals surface area contributed by atoms with Crippen LogP contribution < -0.4 is 0 Å². The fourth-order valence-electron chi connectivity index (χ4n) is 1.01. The molecule has 0 saturated carbocycles. The third-order valence-electron chi connectivity index (χ3n) is 1.61. The molecule has 0 atom stereocenters. The zero-order valence-electron chi connectivity index (χ0n) is 6.61. The highest BCUT2D eigenvalue weighted by Crippen LogP contribution is 2.18. The van der Waals surface area contributed by atoms with Gasteiger partial charge in [0, 0.05) is 6.20 Å². The van der Waals surface area contributed by atoms with Crippen LogP contribution in [0, 0.1) is 13.1 Å². The highest BCUT2D eigenvalue weighted by molar-refractivity contribution is 5.58. The van der Waals surface area contributed by atoms with Gasteiger partial charge in [-0.25, -0.2) is 0 Å². The van der Waals surface area contributed by atoms with Crippen LogP contribution in [0.25, 0.3) is 11.3 Å². The molecule has 0 saturated heterocycles. The molecule has 12 heavy (non-hydrogen) atoms. The molecule has 0 amide bonds. The van der Waals surface area contributed by atoms with Crippen molar-refractivity contribution in [1.82, 2.24) is 10.1 Å². The highest BCUT2D eigenvalue weighted by Gasteiger charge is 2.06. The van der Waals surface area contributed by atoms with E-state index in [9.17, 15) is 0 Å². The van der Waals surface area contributed by atoms with Gasteiger partial charge < -0.3 is 4.52 Å². The lowest BCUT2D eigenvalue weighted by atomic mass is 10.2. The Kier molecular flexibility index (Phi) is 1.63. The van der Waals surface area contributed by atoms with Crippen LogP contribution in [0.15, 0.2) is 28.9 Å². The highest BCUT2D eigenvalue weighted by atomic mass is 16.5. The number of hydrogen-bond donors (Lipinski definition) is 0. The van der Waals surface area contributed by atoms with Gasteiger partial charge in [-0.05, 0) is 19.1 Å². The Labute approximate surface area is 70.0 Å². The molecule has 0 unspecified atom stereocenters. The Morgan fingerprint density at radius 3 is 2.92 bits per heavy atom. The van der Waals surface area contributed by atoms with Gasteiger partial charge in [-0.15, -0.1) is 0 Å². The number of aromatic nitrogens is 2. The van der Waals surface area contributed by atoms with Crippen molar-refractivity contribution >= 4 is 0 Å². The number of rotatable bonds is 1. The summed E-state index contributed by atoms with van der Waals surface area (Å²) >= 11 is 0. The van der Waals surface area contributed by atoms with E-state index in [1.807, 2.05) is 25.1 Å². The van der Waals surface area contributed by atoms with Gasteiger partial charge >= 0.3 is 0 Å². The first kappa shape index (κ1) is 7.03. The van der Waals surface area contributed by atoms with Crippen molar-refractivity contribution in [3.05, 3.63) is 36.4 Å². The molecule has 0 spiro atoms. The van der Waals surface area contributed by atoms with E-state index in [-0.39, 0.29) is 0 Å². The van der Waals surface area contributed by atoms with Crippen molar-refractivity contribution in [2.24, 2.45) is 0 Å². The molecular weight excluding hydrogens is 152 g/mol. The fraction of sp³-hybridized carbons (Fsp3) is 0.111. The molecule has 0 aliphatic carbocycles. The molecule has 2 aromatic heterocycles. The van der Waals surface area contributed by atoms with E-state index in [2.05, 4.69) is 16.3 Å². The van der Waals surface area contributed by atoms with Gasteiger partial charge in [-0.3, -0.25) is 4.98 Å². The van der Waals surface area contributed by atoms with Gasteiger partial charge in [0.25, 0.3) is 0 Å². The summed E-state index contributed by atoms with van der Waals surface area (Å²) in [4.78, 5) is 4.15. The first-order chi connectivity index (χ1) is 5.88. The minimum Gasteiger partial charge on any atom is -0.360 e. The SMILES string of the molecule is Cc1on[c]c1-c1ccccn1. The molecule has 0 bridgehead atoms. The van der Waals surface area contributed by atoms with Gasteiger partial charge in [0.1, 0.15) is 12.0 Å². The van der Waals surface area contributed by atoms with E-state index in [1.165, 1.54) is 0 Å². The minimum absolute atomic E-state index is 0.744. The molecule has 59 valence electrons. The number of aryl methyl sites for hydroxylation is 1. The van der Waals surface area contributed by atoms with Gasteiger partial charge in [-0.1, -0.05) is 11.2 Å². The van der Waals surface area contributed by atoms with Gasteiger partial charge in [0.2, 0.25) is 0 Å². The molecular formula is C9H7N2O. The van der Waals surface area contributed by atoms with E-state index >= 15 is 0 Å². The maximum atomic E-state index is 4.87. The molecule has 0 aliphatic heterocycles. The van der Waals surface area contributed by atoms with Crippen LogP contribution in [0.2, 0.25) is 0 Å². The topological polar surface area (TPSA) is 38.9 Å². The summed E-state index contributed by atoms with van der Waals surface area (Å²) in [5, 5.41) is 3.56. The minimum atomic E-state index is 0.744. The van der Waals surface area contributed by atoms with Crippen LogP contribution in [-0.2, 0) is 0 Å². The van der Waals surface area contributed by atoms with E-state index in [1.54, 1.807) is 6.20 Å². The summed E-state index contributed by atoms with van der Waals surface area (Å²) in [5.74, 6) is 0.744. The summed E-state index contributed by atoms with van der Waals surface area (Å²) in [7, 11) is 0. The molecule has 2 heterocycles. The van der Waals surface area contributed by atoms with Crippen LogP contribution in [0.5, 0.6) is 0 Å². The van der Waals surface area contributed by atoms with Crippen molar-refractivity contribution in [2.45, 2.75) is 6.92 Å². The van der Waals surface area contributed by atoms with Crippen molar-refractivity contribution in [1.29, 1.82) is 0 Å². The summed E-state index contributed by atoms with van der Waals surface area (Å²) in [6.45, 7) is 1.84. The van der Waals surface area contributed by atoms with Crippen LogP contribution >= 0.6 is 0 Å². The standard InChI is InChI=1S/C9H7N2O/c1-7-8(6-11-12-7)9-4-2-3-5-10-9/h2-5H,1H3. The van der Waals surface area contributed by atoms with Crippen molar-refractivity contribution in [3.63, 3.8) is 0 Å². The summed E-state index contributed by atoms with van der Waals surface area (Å²) in [5.41, 5.74) is 1.67. The molecule has 3 heteroatoms. The molecule has 0 N–H and O–H groups in total. The predicted octanol–water partition coefficient (Wildman–Crippen LogP) is 1.85. The first-order valence-electron chi connectivity index (χ1n) is 3.63. The first-order valence-corrected chi connectivity index (χ1v) is 3.63. The number of nitrogens with zero attached hydrogens (tertiary/aromatic N) is 2. The zero-order chi connectivity index (χ0) is 8.39. The summed E-state index contributed by atoms with van der Waals surface area (Å²) < 4.78 is 4.87. The summed E-state index contributed by atoms with van der Waals surface area (Å²) in [6.07, 6.45) is 4.47. The lowest BCUT2D eigenvalue weighted by Crippen LogP contribution is -1.80. The number of pyridine rings is 1. The maximum absolute atomic E-state index is 4.87. The molecule has 3 nitrogen and oxygen atoms in total. The van der Waals surface area contributed by atoms with E-state index in [4.69, 9.17) is 4.52 Å². The quantitative estimate of drug-likeness (QED) is 0.637. The van der Waals surface area contributed by atoms with Crippen molar-refractivity contribution in [2.75, 3.05) is 0 Å². The smallest absolute Gasteiger partial charge is 0.146 e. The predicted molar refractivity (Wildman–Crippen MR) is 43.3 cm³/mol. The molecule has 2 aromatic rings. The largest absolute Gasteiger partial charge is 0.360 e. The second kappa shape index (κ2) is 2.77. The lowest BCUT2D eigenvalue weighted by Gasteiger charge is -1.93. The Morgan fingerprint density at radius 1 is 1.42 bits per heavy atom. The third kappa shape index (κ3) is 1.09. The summed E-state index contributed by atoms with van der Waals surface area (Å²) in [6, 6.07) is 5.69. The second-order valence-electron chi connectivity index (χ2n) is 2.44. The normalized spacial score (nSPS) is 10.1. The van der Waals surface area contributed by atoms with Gasteiger partial charge in [0.15, 0.2) is 0 Å². The van der Waals surface area contributed by atoms with Crippen LogP contribution in [-0.4, -0.2) is 10.1 Å². The molecule has 0 fully saturated rings. The Morgan fingerprint density at radius 2 is 2.33 bits per heavy atom. The number of hydrogen-bond acceptors (Lipinski definition) is 3. The average Bonchev–Trinajstić information content (AvgIpc) is 2.53. The van der Waals surface area contributed by atoms with E-state index < -0.39 is 0 Å². The zero-order valence-corrected chi connectivity index (χ0v) is 6.61. The molecule has 1 radical (unpaired) electrons. The Hall–Kier alpha value is -1.64. The van der Waals surface area contributed by atoms with E-state index in [0.29, 0.717) is 0 Å². The molecule has 2 rings (SSSR count). The Balaban J connectivity index is 2.51. The molecule has 0 aliphatic rings. The Bertz CT molecular complexity index is 367. The molecule has 0 aromatic carbocycles. The maximum Gasteiger partial charge on any atom is 0.146 e. The van der Waals surface area contributed by atoms with Crippen LogP contribution in [0.3, 0.4) is 0 Å². The second-order valence-corrected chi connectivity index (χ2v) is 2.44. The average molecular weight is 159 g/mol. The fourth-order valence-corrected chi connectivity index (χ4v) is 1.01. The van der Waals surface area contributed by atoms with Crippen molar-refractivity contribution in [3.8, 4) is 11.3 Å². The van der Waals surface area contributed by atoms with Crippen molar-refractivity contribution < 1.29 is 4.52 Å². The van der Waals surface area contributed by atoms with E-state index in [0.717, 1.165) is 17.0 Å². The van der Waals surface area contributed by atoms with Gasteiger partial charge in [-0.2, -0.15) is 0 Å². The van der Waals surface area contributed by atoms with Gasteiger partial charge in [0.05, 0.1) is 11.3 Å². The van der Waals surface area contributed by atoms with Crippen LogP contribution in [0.4, 0.5) is 0 Å². The third-order valence-corrected chi connectivity index (χ3v) is 1.61. The lowest BCUT2D eigenvalue weighted by molar-refractivity contribution is 0.396.